The highest BCUT2D eigenvalue weighted by Crippen LogP contribution is 2.25. The highest BCUT2D eigenvalue weighted by Gasteiger charge is 2.22. The van der Waals surface area contributed by atoms with Gasteiger partial charge in [-0.3, -0.25) is 4.79 Å². The van der Waals surface area contributed by atoms with Crippen molar-refractivity contribution in [3.05, 3.63) is 48.2 Å². The number of carbonyl (C=O) groups excluding carboxylic acids is 2. The molecular formula is C16H16FNO4. The molecule has 0 radical (unpaired) electrons. The average molecular weight is 305 g/mol. The van der Waals surface area contributed by atoms with E-state index in [0.29, 0.717) is 11.1 Å². The molecule has 2 aromatic rings. The van der Waals surface area contributed by atoms with E-state index in [9.17, 15) is 14.0 Å². The fraction of sp³-hybridized carbons (Fsp3) is 0.250. The molecule has 1 amide bonds. The monoisotopic (exact) mass is 305 g/mol. The van der Waals surface area contributed by atoms with Crippen LogP contribution in [0.25, 0.3) is 11.1 Å². The first-order valence-electron chi connectivity index (χ1n) is 6.84. The van der Waals surface area contributed by atoms with Crippen molar-refractivity contribution < 1.29 is 23.1 Å². The van der Waals surface area contributed by atoms with Gasteiger partial charge in [0.2, 0.25) is 0 Å². The molecule has 0 saturated carbocycles. The van der Waals surface area contributed by atoms with Crippen LogP contribution in [0.4, 0.5) is 4.39 Å². The number of hydrogen-bond acceptors (Lipinski definition) is 4. The largest absolute Gasteiger partial charge is 0.464 e. The van der Waals surface area contributed by atoms with Crippen molar-refractivity contribution in [2.45, 2.75) is 19.9 Å². The van der Waals surface area contributed by atoms with Gasteiger partial charge in [-0.1, -0.05) is 12.1 Å². The van der Waals surface area contributed by atoms with Gasteiger partial charge in [0.1, 0.15) is 11.9 Å². The van der Waals surface area contributed by atoms with E-state index in [2.05, 4.69) is 5.32 Å². The Morgan fingerprint density at radius 3 is 2.59 bits per heavy atom. The number of amides is 1. The molecule has 2 rings (SSSR count). The molecule has 0 spiro atoms. The van der Waals surface area contributed by atoms with Gasteiger partial charge in [0.15, 0.2) is 5.76 Å². The summed E-state index contributed by atoms with van der Waals surface area (Å²) in [5.41, 5.74) is 1.16. The molecule has 5 nitrogen and oxygen atoms in total. The molecule has 1 N–H and O–H groups in total. The molecule has 0 unspecified atom stereocenters. The van der Waals surface area contributed by atoms with Gasteiger partial charge in [0, 0.05) is 5.56 Å². The Kier molecular flexibility index (Phi) is 4.93. The van der Waals surface area contributed by atoms with Crippen LogP contribution < -0.4 is 5.32 Å². The quantitative estimate of drug-likeness (QED) is 0.862. The molecule has 0 fully saturated rings. The second-order valence-electron chi connectivity index (χ2n) is 4.62. The zero-order chi connectivity index (χ0) is 16.1. The SMILES string of the molecule is CCOC(=O)[C@H](C)NC(=O)c1occc1-c1ccc(F)cc1. The molecule has 22 heavy (non-hydrogen) atoms. The Bertz CT molecular complexity index is 663. The van der Waals surface area contributed by atoms with E-state index in [1.807, 2.05) is 0 Å². The summed E-state index contributed by atoms with van der Waals surface area (Å²) in [4.78, 5) is 23.7. The highest BCUT2D eigenvalue weighted by atomic mass is 19.1. The van der Waals surface area contributed by atoms with Crippen LogP contribution in [-0.4, -0.2) is 24.5 Å². The third-order valence-electron chi connectivity index (χ3n) is 3.01. The fourth-order valence-electron chi connectivity index (χ4n) is 1.93. The molecule has 0 saturated heterocycles. The van der Waals surface area contributed by atoms with E-state index < -0.39 is 17.9 Å². The molecule has 0 aliphatic rings. The average Bonchev–Trinajstić information content (AvgIpc) is 2.97. The van der Waals surface area contributed by atoms with E-state index in [0.717, 1.165) is 0 Å². The van der Waals surface area contributed by atoms with Crippen LogP contribution in [0.1, 0.15) is 24.4 Å². The molecule has 0 aliphatic carbocycles. The number of ether oxygens (including phenoxy) is 1. The molecule has 6 heteroatoms. The highest BCUT2D eigenvalue weighted by molar-refractivity contribution is 6.00. The van der Waals surface area contributed by atoms with Gasteiger partial charge in [0.05, 0.1) is 12.9 Å². The number of rotatable bonds is 5. The van der Waals surface area contributed by atoms with Crippen molar-refractivity contribution in [3.63, 3.8) is 0 Å². The van der Waals surface area contributed by atoms with Gasteiger partial charge >= 0.3 is 5.97 Å². The van der Waals surface area contributed by atoms with Crippen LogP contribution in [0.3, 0.4) is 0 Å². The summed E-state index contributed by atoms with van der Waals surface area (Å²) in [6.45, 7) is 3.45. The minimum atomic E-state index is -0.793. The smallest absolute Gasteiger partial charge is 0.328 e. The van der Waals surface area contributed by atoms with Crippen molar-refractivity contribution in [2.75, 3.05) is 6.61 Å². The molecule has 0 bridgehead atoms. The lowest BCUT2D eigenvalue weighted by atomic mass is 10.1. The Morgan fingerprint density at radius 1 is 1.27 bits per heavy atom. The van der Waals surface area contributed by atoms with Gasteiger partial charge < -0.3 is 14.5 Å². The van der Waals surface area contributed by atoms with Crippen molar-refractivity contribution in [3.8, 4) is 11.1 Å². The lowest BCUT2D eigenvalue weighted by Crippen LogP contribution is -2.39. The van der Waals surface area contributed by atoms with Gasteiger partial charge in [0.25, 0.3) is 5.91 Å². The van der Waals surface area contributed by atoms with E-state index >= 15 is 0 Å². The van der Waals surface area contributed by atoms with Gasteiger partial charge in [-0.2, -0.15) is 0 Å². The van der Waals surface area contributed by atoms with Crippen molar-refractivity contribution in [1.29, 1.82) is 0 Å². The van der Waals surface area contributed by atoms with Crippen LogP contribution in [0.5, 0.6) is 0 Å². The molecule has 1 aromatic carbocycles. The third kappa shape index (κ3) is 3.52. The Hall–Kier alpha value is -2.63. The fourth-order valence-corrected chi connectivity index (χ4v) is 1.93. The van der Waals surface area contributed by atoms with Gasteiger partial charge in [-0.05, 0) is 37.6 Å². The Balaban J connectivity index is 2.16. The predicted octanol–water partition coefficient (Wildman–Crippen LogP) is 2.77. The molecule has 116 valence electrons. The first-order valence-corrected chi connectivity index (χ1v) is 6.84. The molecule has 1 heterocycles. The Morgan fingerprint density at radius 2 is 1.95 bits per heavy atom. The summed E-state index contributed by atoms with van der Waals surface area (Å²) in [5.74, 6) is -1.37. The third-order valence-corrected chi connectivity index (χ3v) is 3.01. The number of furan rings is 1. The van der Waals surface area contributed by atoms with E-state index in [1.54, 1.807) is 25.1 Å². The van der Waals surface area contributed by atoms with Gasteiger partial charge in [-0.25, -0.2) is 9.18 Å². The van der Waals surface area contributed by atoms with Crippen LogP contribution in [0, 0.1) is 5.82 Å². The van der Waals surface area contributed by atoms with Crippen molar-refractivity contribution in [1.82, 2.24) is 5.32 Å². The normalized spacial score (nSPS) is 11.8. The summed E-state index contributed by atoms with van der Waals surface area (Å²) in [6.07, 6.45) is 1.36. The Labute approximate surface area is 127 Å². The predicted molar refractivity (Wildman–Crippen MR) is 77.7 cm³/mol. The van der Waals surface area contributed by atoms with Crippen LogP contribution in [0.15, 0.2) is 41.0 Å². The lowest BCUT2D eigenvalue weighted by Gasteiger charge is -2.12. The summed E-state index contributed by atoms with van der Waals surface area (Å²) in [5, 5.41) is 2.51. The number of halogens is 1. The summed E-state index contributed by atoms with van der Waals surface area (Å²) in [7, 11) is 0. The number of hydrogen-bond donors (Lipinski definition) is 1. The van der Waals surface area contributed by atoms with E-state index in [4.69, 9.17) is 9.15 Å². The second-order valence-corrected chi connectivity index (χ2v) is 4.62. The molecule has 1 aromatic heterocycles. The zero-order valence-electron chi connectivity index (χ0n) is 12.3. The minimum Gasteiger partial charge on any atom is -0.464 e. The molecule has 0 aliphatic heterocycles. The number of nitrogens with one attached hydrogen (secondary N) is 1. The van der Waals surface area contributed by atoms with Crippen molar-refractivity contribution in [2.24, 2.45) is 0 Å². The lowest BCUT2D eigenvalue weighted by molar-refractivity contribution is -0.144. The first kappa shape index (κ1) is 15.8. The maximum Gasteiger partial charge on any atom is 0.328 e. The number of benzene rings is 1. The zero-order valence-corrected chi connectivity index (χ0v) is 12.3. The van der Waals surface area contributed by atoms with E-state index in [-0.39, 0.29) is 18.2 Å². The topological polar surface area (TPSA) is 68.5 Å². The number of esters is 1. The summed E-state index contributed by atoms with van der Waals surface area (Å²) < 4.78 is 23.0. The second kappa shape index (κ2) is 6.89. The maximum atomic E-state index is 13.0. The molecular weight excluding hydrogens is 289 g/mol. The minimum absolute atomic E-state index is 0.0581. The van der Waals surface area contributed by atoms with Gasteiger partial charge in [-0.15, -0.1) is 0 Å². The summed E-state index contributed by atoms with van der Waals surface area (Å²) in [6, 6.07) is 6.50. The summed E-state index contributed by atoms with van der Waals surface area (Å²) >= 11 is 0. The van der Waals surface area contributed by atoms with Crippen LogP contribution in [0.2, 0.25) is 0 Å². The maximum absolute atomic E-state index is 13.0. The van der Waals surface area contributed by atoms with E-state index in [1.165, 1.54) is 25.3 Å². The first-order chi connectivity index (χ1) is 10.5. The number of carbonyl (C=O) groups is 2. The van der Waals surface area contributed by atoms with Crippen LogP contribution >= 0.6 is 0 Å². The standard InChI is InChI=1S/C16H16FNO4/c1-3-21-16(20)10(2)18-15(19)14-13(8-9-22-14)11-4-6-12(17)7-5-11/h4-10H,3H2,1-2H3,(H,18,19)/t10-/m0/s1. The van der Waals surface area contributed by atoms with Crippen molar-refractivity contribution >= 4 is 11.9 Å². The molecule has 1 atom stereocenters. The van der Waals surface area contributed by atoms with Crippen LogP contribution in [-0.2, 0) is 9.53 Å².